The highest BCUT2D eigenvalue weighted by Crippen LogP contribution is 2.33. The average Bonchev–Trinajstić information content (AvgIpc) is 3.07. The van der Waals surface area contributed by atoms with Gasteiger partial charge in [-0.1, -0.05) is 18.3 Å². The third kappa shape index (κ3) is 2.37. The zero-order valence-corrected chi connectivity index (χ0v) is 13.5. The number of benzene rings is 1. The number of sulfonamides is 1. The third-order valence-corrected chi connectivity index (χ3v) is 5.51. The van der Waals surface area contributed by atoms with Crippen LogP contribution in [0.3, 0.4) is 0 Å². The third-order valence-electron chi connectivity index (χ3n) is 3.27. The summed E-state index contributed by atoms with van der Waals surface area (Å²) in [6.45, 7) is 1.34. The van der Waals surface area contributed by atoms with Crippen LogP contribution in [0.1, 0.15) is 12.5 Å². The van der Waals surface area contributed by atoms with Crippen LogP contribution in [-0.2, 0) is 16.4 Å². The fraction of sp³-hybridized carbons (Fsp3) is 0.167. The molecular formula is C12H8F4N4O2S2. The number of hydrogen-bond donors (Lipinski definition) is 1. The first-order chi connectivity index (χ1) is 11.2. The van der Waals surface area contributed by atoms with E-state index in [1.165, 1.54) is 6.92 Å². The van der Waals surface area contributed by atoms with Crippen molar-refractivity contribution >= 4 is 26.3 Å². The van der Waals surface area contributed by atoms with Gasteiger partial charge >= 0.3 is 0 Å². The van der Waals surface area contributed by atoms with Gasteiger partial charge in [0.2, 0.25) is 9.30 Å². The van der Waals surface area contributed by atoms with Gasteiger partial charge in [-0.15, -0.1) is 5.10 Å². The van der Waals surface area contributed by atoms with Crippen molar-refractivity contribution in [2.45, 2.75) is 17.7 Å². The molecular weight excluding hydrogens is 372 g/mol. The SMILES string of the molecule is CCc1c(F)c(F)c(-c2cnc3sc(S(N)(=O)=O)nn23)c(F)c1F. The molecule has 0 fully saturated rings. The van der Waals surface area contributed by atoms with Crippen molar-refractivity contribution in [1.82, 2.24) is 14.6 Å². The monoisotopic (exact) mass is 380 g/mol. The quantitative estimate of drug-likeness (QED) is 0.557. The lowest BCUT2D eigenvalue weighted by Gasteiger charge is -2.09. The van der Waals surface area contributed by atoms with Gasteiger partial charge in [0.05, 0.1) is 17.5 Å². The Hall–Kier alpha value is -2.05. The number of rotatable bonds is 3. The molecule has 1 aromatic carbocycles. The minimum absolute atomic E-state index is 0.0618. The smallest absolute Gasteiger partial charge is 0.225 e. The van der Waals surface area contributed by atoms with E-state index in [1.807, 2.05) is 0 Å². The largest absolute Gasteiger partial charge is 0.267 e. The van der Waals surface area contributed by atoms with Crippen LogP contribution in [-0.4, -0.2) is 23.0 Å². The van der Waals surface area contributed by atoms with E-state index in [9.17, 15) is 26.0 Å². The van der Waals surface area contributed by atoms with Crippen LogP contribution in [0, 0.1) is 23.3 Å². The Balaban J connectivity index is 2.35. The molecule has 0 aliphatic rings. The standard InChI is InChI=1S/C12H8F4N4O2S2/c1-2-4-7(13)9(15)6(10(16)8(4)14)5-3-18-11-20(5)19-12(23-11)24(17,21)22/h3H,2H2,1H3,(H2,17,21,22). The Kier molecular flexibility index (Phi) is 3.85. The van der Waals surface area contributed by atoms with Crippen molar-refractivity contribution in [2.24, 2.45) is 5.14 Å². The molecule has 0 bridgehead atoms. The number of aromatic nitrogens is 3. The minimum Gasteiger partial charge on any atom is -0.225 e. The first-order valence-electron chi connectivity index (χ1n) is 6.39. The van der Waals surface area contributed by atoms with Crippen LogP contribution in [0.15, 0.2) is 10.5 Å². The number of nitrogens with two attached hydrogens (primary N) is 1. The van der Waals surface area contributed by atoms with Crippen molar-refractivity contribution in [3.8, 4) is 11.3 Å². The van der Waals surface area contributed by atoms with Crippen molar-refractivity contribution in [2.75, 3.05) is 0 Å². The summed E-state index contributed by atoms with van der Waals surface area (Å²) >= 11 is 0.543. The van der Waals surface area contributed by atoms with Gasteiger partial charge in [-0.05, 0) is 6.42 Å². The molecule has 0 saturated heterocycles. The fourth-order valence-corrected chi connectivity index (χ4v) is 3.67. The Morgan fingerprint density at radius 2 is 1.75 bits per heavy atom. The highest BCUT2D eigenvalue weighted by molar-refractivity contribution is 7.91. The molecule has 24 heavy (non-hydrogen) atoms. The summed E-state index contributed by atoms with van der Waals surface area (Å²) in [6, 6.07) is 0. The molecule has 0 saturated carbocycles. The molecule has 0 aliphatic carbocycles. The van der Waals surface area contributed by atoms with E-state index in [-0.39, 0.29) is 11.4 Å². The van der Waals surface area contributed by atoms with E-state index in [0.717, 1.165) is 10.7 Å². The Morgan fingerprint density at radius 3 is 2.25 bits per heavy atom. The number of halogens is 4. The molecule has 2 aromatic heterocycles. The summed E-state index contributed by atoms with van der Waals surface area (Å²) < 4.78 is 79.1. The van der Waals surface area contributed by atoms with Crippen molar-refractivity contribution in [1.29, 1.82) is 0 Å². The highest BCUT2D eigenvalue weighted by atomic mass is 32.2. The second-order valence-electron chi connectivity index (χ2n) is 4.71. The number of primary sulfonamides is 1. The molecule has 3 rings (SSSR count). The van der Waals surface area contributed by atoms with E-state index >= 15 is 0 Å². The summed E-state index contributed by atoms with van der Waals surface area (Å²) in [6.07, 6.45) is 0.678. The van der Waals surface area contributed by atoms with Gasteiger partial charge in [-0.25, -0.2) is 40.6 Å². The minimum atomic E-state index is -4.17. The number of hydrogen-bond acceptors (Lipinski definition) is 5. The molecule has 0 atom stereocenters. The molecule has 6 nitrogen and oxygen atoms in total. The Bertz CT molecular complexity index is 1050. The Morgan fingerprint density at radius 1 is 1.17 bits per heavy atom. The number of nitrogens with zero attached hydrogens (tertiary/aromatic N) is 3. The molecule has 2 heterocycles. The molecule has 0 amide bonds. The first kappa shape index (κ1) is 16.8. The summed E-state index contributed by atoms with van der Waals surface area (Å²) in [4.78, 5) is 3.67. The molecule has 12 heteroatoms. The summed E-state index contributed by atoms with van der Waals surface area (Å²) in [5.41, 5.74) is -2.19. The second-order valence-corrected chi connectivity index (χ2v) is 7.40. The van der Waals surface area contributed by atoms with Crippen LogP contribution in [0.4, 0.5) is 17.6 Å². The summed E-state index contributed by atoms with van der Waals surface area (Å²) in [5, 5.41) is 8.51. The van der Waals surface area contributed by atoms with Gasteiger partial charge in [0.15, 0.2) is 23.3 Å². The maximum absolute atomic E-state index is 14.2. The molecule has 0 radical (unpaired) electrons. The predicted octanol–water partition coefficient (Wildman–Crippen LogP) is 2.22. The van der Waals surface area contributed by atoms with E-state index in [0.29, 0.717) is 11.3 Å². The van der Waals surface area contributed by atoms with Crippen LogP contribution >= 0.6 is 11.3 Å². The van der Waals surface area contributed by atoms with Crippen molar-refractivity contribution in [3.63, 3.8) is 0 Å². The highest BCUT2D eigenvalue weighted by Gasteiger charge is 2.28. The second kappa shape index (κ2) is 5.50. The van der Waals surface area contributed by atoms with E-state index < -0.39 is 54.5 Å². The van der Waals surface area contributed by atoms with E-state index in [1.54, 1.807) is 0 Å². The predicted molar refractivity (Wildman–Crippen MR) is 76.9 cm³/mol. The van der Waals surface area contributed by atoms with Crippen molar-refractivity contribution in [3.05, 3.63) is 35.0 Å². The maximum atomic E-state index is 14.2. The number of imidazole rings is 1. The van der Waals surface area contributed by atoms with Gasteiger partial charge in [-0.3, -0.25) is 0 Å². The summed E-state index contributed by atoms with van der Waals surface area (Å²) in [5.74, 6) is -6.28. The molecule has 0 unspecified atom stereocenters. The zero-order chi connectivity index (χ0) is 17.8. The van der Waals surface area contributed by atoms with Gasteiger partial charge < -0.3 is 0 Å². The molecule has 3 aromatic rings. The van der Waals surface area contributed by atoms with E-state index in [4.69, 9.17) is 5.14 Å². The average molecular weight is 380 g/mol. The fourth-order valence-electron chi connectivity index (χ4n) is 2.17. The maximum Gasteiger partial charge on any atom is 0.267 e. The lowest BCUT2D eigenvalue weighted by Crippen LogP contribution is -2.12. The molecule has 128 valence electrons. The summed E-state index contributed by atoms with van der Waals surface area (Å²) in [7, 11) is -4.17. The molecule has 2 N–H and O–H groups in total. The molecule has 0 aliphatic heterocycles. The zero-order valence-electron chi connectivity index (χ0n) is 11.8. The van der Waals surface area contributed by atoms with Gasteiger partial charge in [-0.2, -0.15) is 0 Å². The Labute approximate surface area is 136 Å². The van der Waals surface area contributed by atoms with Gasteiger partial charge in [0.1, 0.15) is 0 Å². The van der Waals surface area contributed by atoms with Gasteiger partial charge in [0, 0.05) is 5.56 Å². The topological polar surface area (TPSA) is 90.3 Å². The lowest BCUT2D eigenvalue weighted by atomic mass is 10.0. The normalized spacial score (nSPS) is 12.2. The lowest BCUT2D eigenvalue weighted by molar-refractivity contribution is 0.444. The van der Waals surface area contributed by atoms with Crippen LogP contribution < -0.4 is 5.14 Å². The number of fused-ring (bicyclic) bond motifs is 1. The molecule has 0 spiro atoms. The van der Waals surface area contributed by atoms with Crippen LogP contribution in [0.5, 0.6) is 0 Å². The first-order valence-corrected chi connectivity index (χ1v) is 8.75. The van der Waals surface area contributed by atoms with Crippen LogP contribution in [0.25, 0.3) is 16.2 Å². The van der Waals surface area contributed by atoms with E-state index in [2.05, 4.69) is 10.1 Å². The van der Waals surface area contributed by atoms with Gasteiger partial charge in [0.25, 0.3) is 10.0 Å². The van der Waals surface area contributed by atoms with Crippen molar-refractivity contribution < 1.29 is 26.0 Å². The van der Waals surface area contributed by atoms with Crippen LogP contribution in [0.2, 0.25) is 0 Å².